The third-order valence-electron chi connectivity index (χ3n) is 4.30. The monoisotopic (exact) mass is 385 g/mol. The first-order valence-corrected chi connectivity index (χ1v) is 8.48. The first-order chi connectivity index (χ1) is 11.7. The van der Waals surface area contributed by atoms with Gasteiger partial charge >= 0.3 is 0 Å². The van der Waals surface area contributed by atoms with E-state index in [0.29, 0.717) is 5.95 Å². The van der Waals surface area contributed by atoms with E-state index in [9.17, 15) is 0 Å². The van der Waals surface area contributed by atoms with E-state index >= 15 is 0 Å². The van der Waals surface area contributed by atoms with Crippen molar-refractivity contribution in [2.45, 2.75) is 18.5 Å². The summed E-state index contributed by atoms with van der Waals surface area (Å²) in [6.45, 7) is 0. The molecule has 0 saturated carbocycles. The summed E-state index contributed by atoms with van der Waals surface area (Å²) in [4.78, 5) is 0. The number of hydrogen-bond acceptors (Lipinski definition) is 5. The van der Waals surface area contributed by atoms with Gasteiger partial charge in [-0.3, -0.25) is 0 Å². The van der Waals surface area contributed by atoms with Crippen molar-refractivity contribution in [2.24, 2.45) is 0 Å². The molecule has 0 radical (unpaired) electrons. The second-order valence-corrected chi connectivity index (χ2v) is 6.64. The number of fused-ring (bicyclic) bond motifs is 1. The Morgan fingerprint density at radius 1 is 1.17 bits per heavy atom. The Bertz CT molecular complexity index is 848. The molecule has 1 aliphatic heterocycles. The number of hydrogen-bond donors (Lipinski definition) is 1. The van der Waals surface area contributed by atoms with Gasteiger partial charge in [-0.25, -0.2) is 4.68 Å². The van der Waals surface area contributed by atoms with Gasteiger partial charge in [0.2, 0.25) is 5.95 Å². The maximum absolute atomic E-state index is 5.25. The lowest BCUT2D eigenvalue weighted by atomic mass is 9.93. The van der Waals surface area contributed by atoms with Gasteiger partial charge in [-0.2, -0.15) is 0 Å². The molecule has 4 rings (SSSR count). The summed E-state index contributed by atoms with van der Waals surface area (Å²) in [5.74, 6) is 1.53. The molecule has 0 aliphatic carbocycles. The molecule has 2 unspecified atom stereocenters. The van der Waals surface area contributed by atoms with E-state index in [2.05, 4.69) is 61.0 Å². The number of nitrogens with one attached hydrogen (secondary N) is 1. The summed E-state index contributed by atoms with van der Waals surface area (Å²) in [6.07, 6.45) is 0.862. The topological polar surface area (TPSA) is 64.9 Å². The predicted molar refractivity (Wildman–Crippen MR) is 94.1 cm³/mol. The van der Waals surface area contributed by atoms with Crippen molar-refractivity contribution in [1.82, 2.24) is 20.2 Å². The van der Waals surface area contributed by atoms with Crippen LogP contribution < -0.4 is 10.1 Å². The summed E-state index contributed by atoms with van der Waals surface area (Å²) in [5.41, 5.74) is 2.36. The van der Waals surface area contributed by atoms with E-state index in [1.54, 1.807) is 7.11 Å². The van der Waals surface area contributed by atoms with E-state index in [0.717, 1.165) is 22.2 Å². The molecule has 24 heavy (non-hydrogen) atoms. The number of rotatable bonds is 3. The smallest absolute Gasteiger partial charge is 0.243 e. The molecular weight excluding hydrogens is 370 g/mol. The lowest BCUT2D eigenvalue weighted by molar-refractivity contribution is 0.410. The lowest BCUT2D eigenvalue weighted by Crippen LogP contribution is -2.28. The number of ether oxygens (including phenoxy) is 1. The van der Waals surface area contributed by atoms with Gasteiger partial charge in [-0.05, 0) is 52.2 Å². The molecule has 0 amide bonds. The normalized spacial score (nSPS) is 19.4. The molecule has 3 aromatic rings. The summed E-state index contributed by atoms with van der Waals surface area (Å²) in [7, 11) is 1.67. The van der Waals surface area contributed by atoms with Crippen molar-refractivity contribution >= 4 is 21.9 Å². The SMILES string of the molecule is COc1ccc(C2CC(c3cccc(Br)c3)Nc3nnnn32)cc1. The van der Waals surface area contributed by atoms with Crippen molar-refractivity contribution in [3.63, 3.8) is 0 Å². The van der Waals surface area contributed by atoms with Crippen molar-refractivity contribution in [1.29, 1.82) is 0 Å². The largest absolute Gasteiger partial charge is 0.497 e. The number of nitrogens with zero attached hydrogens (tertiary/aromatic N) is 4. The van der Waals surface area contributed by atoms with E-state index in [4.69, 9.17) is 4.74 Å². The fourth-order valence-electron chi connectivity index (χ4n) is 3.08. The molecular formula is C17H16BrN5O. The van der Waals surface area contributed by atoms with Gasteiger partial charge in [-0.1, -0.05) is 45.3 Å². The summed E-state index contributed by atoms with van der Waals surface area (Å²) < 4.78 is 8.16. The second kappa shape index (κ2) is 6.24. The number of aromatic nitrogens is 4. The number of anilines is 1. The van der Waals surface area contributed by atoms with E-state index in [-0.39, 0.29) is 12.1 Å². The maximum atomic E-state index is 5.25. The van der Waals surface area contributed by atoms with Crippen molar-refractivity contribution < 1.29 is 4.74 Å². The Morgan fingerprint density at radius 3 is 2.75 bits per heavy atom. The zero-order valence-corrected chi connectivity index (χ0v) is 14.6. The summed E-state index contributed by atoms with van der Waals surface area (Å²) >= 11 is 3.54. The van der Waals surface area contributed by atoms with Gasteiger partial charge < -0.3 is 10.1 Å². The first-order valence-electron chi connectivity index (χ1n) is 7.68. The van der Waals surface area contributed by atoms with Crippen LogP contribution in [0, 0.1) is 0 Å². The van der Waals surface area contributed by atoms with Crippen molar-refractivity contribution in [3.8, 4) is 5.75 Å². The minimum atomic E-state index is 0.0751. The van der Waals surface area contributed by atoms with Crippen LogP contribution in [0.5, 0.6) is 5.75 Å². The molecule has 1 aliphatic rings. The highest BCUT2D eigenvalue weighted by Gasteiger charge is 2.30. The fourth-order valence-corrected chi connectivity index (χ4v) is 3.50. The third kappa shape index (κ3) is 2.75. The fraction of sp³-hybridized carbons (Fsp3) is 0.235. The second-order valence-electron chi connectivity index (χ2n) is 5.72. The standard InChI is InChI=1S/C17H16BrN5O/c1-24-14-7-5-11(6-8-14)16-10-15(12-3-2-4-13(18)9-12)19-17-20-21-22-23(16)17/h2-9,15-16H,10H2,1H3,(H,19,20,22). The van der Waals surface area contributed by atoms with Crippen LogP contribution in [0.4, 0.5) is 5.95 Å². The Labute approximate surface area is 148 Å². The number of tetrazole rings is 1. The zero-order chi connectivity index (χ0) is 16.5. The molecule has 2 atom stereocenters. The molecule has 0 bridgehead atoms. The average Bonchev–Trinajstić information content (AvgIpc) is 3.09. The Hall–Kier alpha value is -2.41. The first kappa shape index (κ1) is 15.1. The van der Waals surface area contributed by atoms with Crippen molar-refractivity contribution in [2.75, 3.05) is 12.4 Å². The van der Waals surface area contributed by atoms with Crippen LogP contribution in [0.25, 0.3) is 0 Å². The Kier molecular flexibility index (Phi) is 3.93. The van der Waals surface area contributed by atoms with Gasteiger partial charge in [0.05, 0.1) is 19.2 Å². The molecule has 0 saturated heterocycles. The third-order valence-corrected chi connectivity index (χ3v) is 4.80. The number of methoxy groups -OCH3 is 1. The van der Waals surface area contributed by atoms with Gasteiger partial charge in [0.15, 0.2) is 0 Å². The highest BCUT2D eigenvalue weighted by molar-refractivity contribution is 9.10. The van der Waals surface area contributed by atoms with E-state index in [1.807, 2.05) is 28.9 Å². The number of halogens is 1. The molecule has 1 N–H and O–H groups in total. The Morgan fingerprint density at radius 2 is 2.00 bits per heavy atom. The van der Waals surface area contributed by atoms with Crippen molar-refractivity contribution in [3.05, 3.63) is 64.1 Å². The predicted octanol–water partition coefficient (Wildman–Crippen LogP) is 3.59. The maximum Gasteiger partial charge on any atom is 0.243 e. The minimum Gasteiger partial charge on any atom is -0.497 e. The molecule has 122 valence electrons. The summed E-state index contributed by atoms with van der Waals surface area (Å²) in [5, 5.41) is 15.5. The number of benzene rings is 2. The summed E-state index contributed by atoms with van der Waals surface area (Å²) in [6, 6.07) is 16.6. The lowest BCUT2D eigenvalue weighted by Gasteiger charge is -2.31. The minimum absolute atomic E-state index is 0.0751. The Balaban J connectivity index is 1.70. The van der Waals surface area contributed by atoms with Gasteiger partial charge in [0.1, 0.15) is 5.75 Å². The van der Waals surface area contributed by atoms with Gasteiger partial charge in [0, 0.05) is 4.47 Å². The van der Waals surface area contributed by atoms with Crippen LogP contribution in [-0.2, 0) is 0 Å². The van der Waals surface area contributed by atoms with Crippen LogP contribution in [0.2, 0.25) is 0 Å². The van der Waals surface area contributed by atoms with Crippen LogP contribution in [0.3, 0.4) is 0 Å². The molecule has 1 aromatic heterocycles. The van der Waals surface area contributed by atoms with E-state index < -0.39 is 0 Å². The molecule has 2 heterocycles. The highest BCUT2D eigenvalue weighted by Crippen LogP contribution is 2.37. The molecule has 7 heteroatoms. The zero-order valence-electron chi connectivity index (χ0n) is 13.1. The molecule has 0 spiro atoms. The average molecular weight is 386 g/mol. The van der Waals surface area contributed by atoms with E-state index in [1.165, 1.54) is 5.56 Å². The van der Waals surface area contributed by atoms with Crippen LogP contribution >= 0.6 is 15.9 Å². The van der Waals surface area contributed by atoms with Gasteiger partial charge in [-0.15, -0.1) is 0 Å². The molecule has 2 aromatic carbocycles. The quantitative estimate of drug-likeness (QED) is 0.745. The molecule has 6 nitrogen and oxygen atoms in total. The molecule has 0 fully saturated rings. The highest BCUT2D eigenvalue weighted by atomic mass is 79.9. The van der Waals surface area contributed by atoms with Crippen LogP contribution in [0.15, 0.2) is 53.0 Å². The van der Waals surface area contributed by atoms with Crippen LogP contribution in [0.1, 0.15) is 29.6 Å². The van der Waals surface area contributed by atoms with Crippen LogP contribution in [-0.4, -0.2) is 27.3 Å². The van der Waals surface area contributed by atoms with Gasteiger partial charge in [0.25, 0.3) is 0 Å².